The lowest BCUT2D eigenvalue weighted by Crippen LogP contribution is -2.59. The molecule has 0 radical (unpaired) electrons. The van der Waals surface area contributed by atoms with Crippen LogP contribution in [0, 0.1) is 23.7 Å². The van der Waals surface area contributed by atoms with Gasteiger partial charge in [-0.15, -0.1) is 0 Å². The van der Waals surface area contributed by atoms with Crippen LogP contribution in [0.15, 0.2) is 11.8 Å². The number of carbonyl (C=O) groups excluding carboxylic acids is 1. The maximum Gasteiger partial charge on any atom is 0.309 e. The molecule has 11 heteroatoms. The predicted molar refractivity (Wildman–Crippen MR) is 106 cm³/mol. The van der Waals surface area contributed by atoms with E-state index < -0.39 is 67.5 Å². The van der Waals surface area contributed by atoms with Crippen molar-refractivity contribution in [1.29, 1.82) is 0 Å². The summed E-state index contributed by atoms with van der Waals surface area (Å²) in [5, 5.41) is 59.5. The maximum atomic E-state index is 12.2. The number of fused-ring (bicyclic) bond motifs is 1. The maximum absolute atomic E-state index is 12.2. The zero-order valence-electron chi connectivity index (χ0n) is 18.2. The molecule has 0 spiro atoms. The molecule has 0 amide bonds. The van der Waals surface area contributed by atoms with E-state index in [9.17, 15) is 35.4 Å². The van der Waals surface area contributed by atoms with Crippen LogP contribution in [0.4, 0.5) is 0 Å². The van der Waals surface area contributed by atoms with Gasteiger partial charge in [-0.05, 0) is 23.8 Å². The highest BCUT2D eigenvalue weighted by molar-refractivity contribution is 5.69. The zero-order valence-corrected chi connectivity index (χ0v) is 18.2. The lowest BCUT2D eigenvalue weighted by atomic mass is 9.83. The minimum absolute atomic E-state index is 0.0998. The lowest BCUT2D eigenvalue weighted by molar-refractivity contribution is -0.299. The average molecular weight is 462 g/mol. The molecular formula is C21H34O11. The van der Waals surface area contributed by atoms with E-state index in [2.05, 4.69) is 0 Å². The normalized spacial score (nSPS) is 41.7. The van der Waals surface area contributed by atoms with Gasteiger partial charge in [0.1, 0.15) is 24.4 Å². The summed E-state index contributed by atoms with van der Waals surface area (Å²) in [6.07, 6.45) is -6.92. The fraction of sp³-hybridized carbons (Fsp3) is 0.857. The van der Waals surface area contributed by atoms with Gasteiger partial charge in [0.05, 0.1) is 25.6 Å². The standard InChI is InChI=1S/C21H34O11/c1-9(2)3-15(25)32-20-16-11(4-13(24)12(16)5-22)10(7-29-20)8-30-21-19(28)18(27)17(26)14(6-23)31-21/h7,9,11-14,16-24,26-28H,3-6,8H2,1-2H3/t11?,12-,13-,14+,16?,17+,18-,19+,20-,21+/m0/s1. The molecule has 0 aromatic rings. The Hall–Kier alpha value is -1.31. The molecule has 10 atom stereocenters. The monoisotopic (exact) mass is 462 g/mol. The molecule has 0 aromatic carbocycles. The molecule has 0 bridgehead atoms. The molecule has 2 heterocycles. The first-order valence-corrected chi connectivity index (χ1v) is 10.9. The van der Waals surface area contributed by atoms with Crippen molar-refractivity contribution in [3.63, 3.8) is 0 Å². The number of ether oxygens (including phenoxy) is 4. The Morgan fingerprint density at radius 3 is 2.44 bits per heavy atom. The molecule has 3 aliphatic rings. The Balaban J connectivity index is 1.70. The quantitative estimate of drug-likeness (QED) is 0.225. The van der Waals surface area contributed by atoms with Crippen molar-refractivity contribution < 1.29 is 54.4 Å². The van der Waals surface area contributed by atoms with Gasteiger partial charge in [0.2, 0.25) is 6.29 Å². The summed E-state index contributed by atoms with van der Waals surface area (Å²) in [6.45, 7) is 2.77. The van der Waals surface area contributed by atoms with Crippen molar-refractivity contribution in [2.45, 2.75) is 69.8 Å². The molecule has 32 heavy (non-hydrogen) atoms. The molecule has 1 aliphatic carbocycles. The number of hydrogen-bond acceptors (Lipinski definition) is 11. The summed E-state index contributed by atoms with van der Waals surface area (Å²) < 4.78 is 22.1. The van der Waals surface area contributed by atoms with Crippen LogP contribution in [0.1, 0.15) is 26.7 Å². The van der Waals surface area contributed by atoms with E-state index in [1.807, 2.05) is 13.8 Å². The van der Waals surface area contributed by atoms with Gasteiger partial charge in [0.25, 0.3) is 0 Å². The number of aliphatic hydroxyl groups is 6. The molecule has 0 aromatic heterocycles. The van der Waals surface area contributed by atoms with Crippen molar-refractivity contribution in [3.05, 3.63) is 11.8 Å². The van der Waals surface area contributed by atoms with E-state index in [0.717, 1.165) is 0 Å². The highest BCUT2D eigenvalue weighted by Crippen LogP contribution is 2.47. The predicted octanol–water partition coefficient (Wildman–Crippen LogP) is -1.76. The van der Waals surface area contributed by atoms with E-state index in [1.165, 1.54) is 6.26 Å². The molecule has 11 nitrogen and oxygen atoms in total. The third-order valence-electron chi connectivity index (χ3n) is 6.39. The fourth-order valence-electron chi connectivity index (χ4n) is 4.65. The molecule has 184 valence electrons. The number of aliphatic hydroxyl groups excluding tert-OH is 6. The minimum atomic E-state index is -1.56. The third-order valence-corrected chi connectivity index (χ3v) is 6.39. The van der Waals surface area contributed by atoms with E-state index in [0.29, 0.717) is 12.0 Å². The molecule has 2 unspecified atom stereocenters. The van der Waals surface area contributed by atoms with Gasteiger partial charge in [0.15, 0.2) is 6.29 Å². The molecular weight excluding hydrogens is 428 g/mol. The van der Waals surface area contributed by atoms with Gasteiger partial charge >= 0.3 is 5.97 Å². The summed E-state index contributed by atoms with van der Waals surface area (Å²) in [5.74, 6) is -1.71. The Morgan fingerprint density at radius 2 is 1.81 bits per heavy atom. The number of esters is 1. The molecule has 2 fully saturated rings. The largest absolute Gasteiger partial charge is 0.462 e. The highest BCUT2D eigenvalue weighted by Gasteiger charge is 2.52. The number of hydrogen-bond donors (Lipinski definition) is 6. The summed E-state index contributed by atoms with van der Waals surface area (Å²) in [4.78, 5) is 12.2. The van der Waals surface area contributed by atoms with Crippen LogP contribution in [0.25, 0.3) is 0 Å². The Labute approximate surface area is 186 Å². The van der Waals surface area contributed by atoms with Crippen LogP contribution in [-0.2, 0) is 23.7 Å². The smallest absolute Gasteiger partial charge is 0.309 e. The average Bonchev–Trinajstić information content (AvgIpc) is 3.08. The zero-order chi connectivity index (χ0) is 23.6. The van der Waals surface area contributed by atoms with Crippen LogP contribution >= 0.6 is 0 Å². The van der Waals surface area contributed by atoms with E-state index in [4.69, 9.17) is 18.9 Å². The Bertz CT molecular complexity index is 666. The SMILES string of the molecule is CC(C)CC(=O)O[C@@H]1OC=C(CO[C@@H]2O[C@H](CO)[C@@H](O)[C@H](O)[C@H]2O)C2C[C@H](O)[C@H](CO)C21. The fourth-order valence-corrected chi connectivity index (χ4v) is 4.65. The molecule has 6 N–H and O–H groups in total. The van der Waals surface area contributed by atoms with Gasteiger partial charge in [-0.3, -0.25) is 4.79 Å². The van der Waals surface area contributed by atoms with Crippen molar-refractivity contribution in [1.82, 2.24) is 0 Å². The van der Waals surface area contributed by atoms with Crippen LogP contribution in [0.2, 0.25) is 0 Å². The van der Waals surface area contributed by atoms with Crippen LogP contribution < -0.4 is 0 Å². The van der Waals surface area contributed by atoms with E-state index in [-0.39, 0.29) is 31.5 Å². The Morgan fingerprint density at radius 1 is 1.09 bits per heavy atom. The summed E-state index contributed by atoms with van der Waals surface area (Å²) in [5.41, 5.74) is 0.595. The van der Waals surface area contributed by atoms with Crippen molar-refractivity contribution >= 4 is 5.97 Å². The Kier molecular flexibility index (Phi) is 8.50. The van der Waals surface area contributed by atoms with Gasteiger partial charge < -0.3 is 49.6 Å². The van der Waals surface area contributed by atoms with Crippen molar-refractivity contribution in [2.24, 2.45) is 23.7 Å². The lowest BCUT2D eigenvalue weighted by Gasteiger charge is -2.40. The van der Waals surface area contributed by atoms with Gasteiger partial charge in [-0.25, -0.2) is 0 Å². The number of carbonyl (C=O) groups is 1. The van der Waals surface area contributed by atoms with Crippen molar-refractivity contribution in [2.75, 3.05) is 19.8 Å². The van der Waals surface area contributed by atoms with Crippen LogP contribution in [0.3, 0.4) is 0 Å². The molecule has 1 saturated carbocycles. The van der Waals surface area contributed by atoms with Crippen LogP contribution in [-0.4, -0.2) is 99.5 Å². The van der Waals surface area contributed by atoms with E-state index in [1.54, 1.807) is 0 Å². The summed E-state index contributed by atoms with van der Waals surface area (Å²) in [6, 6.07) is 0. The second-order valence-corrected chi connectivity index (χ2v) is 9.13. The van der Waals surface area contributed by atoms with Gasteiger partial charge in [-0.1, -0.05) is 13.8 Å². The molecule has 2 aliphatic heterocycles. The first-order chi connectivity index (χ1) is 15.2. The van der Waals surface area contributed by atoms with Crippen LogP contribution in [0.5, 0.6) is 0 Å². The molecule has 1 saturated heterocycles. The first kappa shape index (κ1) is 25.3. The second kappa shape index (κ2) is 10.7. The number of rotatable bonds is 8. The van der Waals surface area contributed by atoms with Gasteiger partial charge in [-0.2, -0.15) is 0 Å². The van der Waals surface area contributed by atoms with E-state index >= 15 is 0 Å². The topological polar surface area (TPSA) is 175 Å². The minimum Gasteiger partial charge on any atom is -0.462 e. The molecule has 3 rings (SSSR count). The highest BCUT2D eigenvalue weighted by atomic mass is 16.7. The second-order valence-electron chi connectivity index (χ2n) is 9.13. The summed E-state index contributed by atoms with van der Waals surface area (Å²) in [7, 11) is 0. The van der Waals surface area contributed by atoms with Gasteiger partial charge in [0, 0.05) is 24.9 Å². The third kappa shape index (κ3) is 5.26. The summed E-state index contributed by atoms with van der Waals surface area (Å²) >= 11 is 0. The first-order valence-electron chi connectivity index (χ1n) is 10.9. The van der Waals surface area contributed by atoms with Crippen molar-refractivity contribution in [3.8, 4) is 0 Å².